The molecule has 0 saturated heterocycles. The molecule has 0 amide bonds. The Balaban J connectivity index is 3.19. The van der Waals surface area contributed by atoms with Crippen molar-refractivity contribution in [3.8, 4) is 0 Å². The molecule has 0 aromatic heterocycles. The van der Waals surface area contributed by atoms with E-state index < -0.39 is 5.97 Å². The Bertz CT molecular complexity index is 399. The second-order valence-electron chi connectivity index (χ2n) is 2.74. The molecule has 14 heavy (non-hydrogen) atoms. The fraction of sp³-hybridized carbons (Fsp3) is 0.100. The summed E-state index contributed by atoms with van der Waals surface area (Å²) in [6.45, 7) is 1.60. The highest BCUT2D eigenvalue weighted by atomic mass is 79.9. The summed E-state index contributed by atoms with van der Waals surface area (Å²) in [7, 11) is 0. The van der Waals surface area contributed by atoms with Crippen molar-refractivity contribution in [2.75, 3.05) is 0 Å². The normalized spacial score (nSPS) is 10.8. The maximum atomic E-state index is 13.1. The van der Waals surface area contributed by atoms with Crippen LogP contribution < -0.4 is 0 Å². The molecular weight excluding hydrogens is 251 g/mol. The van der Waals surface area contributed by atoms with Crippen molar-refractivity contribution in [3.05, 3.63) is 39.6 Å². The lowest BCUT2D eigenvalue weighted by Gasteiger charge is -2.03. The molecule has 1 aromatic carbocycles. The van der Waals surface area contributed by atoms with Gasteiger partial charge in [-0.2, -0.15) is 0 Å². The van der Waals surface area contributed by atoms with Crippen LogP contribution in [0.15, 0.2) is 22.7 Å². The summed E-state index contributed by atoms with van der Waals surface area (Å²) in [5, 5.41) is 8.43. The second kappa shape index (κ2) is 4.37. The van der Waals surface area contributed by atoms with Crippen molar-refractivity contribution < 1.29 is 14.3 Å². The quantitative estimate of drug-likeness (QED) is 0.829. The van der Waals surface area contributed by atoms with Gasteiger partial charge in [0.15, 0.2) is 0 Å². The molecule has 0 heterocycles. The topological polar surface area (TPSA) is 37.3 Å². The molecule has 74 valence electrons. The van der Waals surface area contributed by atoms with E-state index in [1.165, 1.54) is 12.1 Å². The maximum Gasteiger partial charge on any atom is 0.328 e. The number of rotatable bonds is 2. The Kier molecular flexibility index (Phi) is 3.41. The van der Waals surface area contributed by atoms with E-state index in [1.807, 2.05) is 0 Å². The fourth-order valence-electron chi connectivity index (χ4n) is 1.03. The first kappa shape index (κ1) is 10.9. The molecule has 1 rings (SSSR count). The number of carbonyl (C=O) groups is 1. The summed E-state index contributed by atoms with van der Waals surface area (Å²) in [6, 6.07) is 2.88. The highest BCUT2D eigenvalue weighted by Crippen LogP contribution is 2.23. The molecule has 0 radical (unpaired) electrons. The van der Waals surface area contributed by atoms with Gasteiger partial charge >= 0.3 is 5.97 Å². The van der Waals surface area contributed by atoms with Gasteiger partial charge in [-0.1, -0.05) is 15.9 Å². The first-order valence-corrected chi connectivity index (χ1v) is 4.67. The van der Waals surface area contributed by atoms with E-state index in [1.54, 1.807) is 13.0 Å². The summed E-state index contributed by atoms with van der Waals surface area (Å²) < 4.78 is 13.8. The summed E-state index contributed by atoms with van der Waals surface area (Å²) in [5.41, 5.74) is 0.976. The van der Waals surface area contributed by atoms with Crippen molar-refractivity contribution in [1.29, 1.82) is 0 Å². The van der Waals surface area contributed by atoms with Crippen LogP contribution in [0.5, 0.6) is 0 Å². The maximum absolute atomic E-state index is 13.1. The van der Waals surface area contributed by atoms with Crippen LogP contribution in [-0.2, 0) is 4.79 Å². The molecule has 1 aromatic rings. The third-order valence-electron chi connectivity index (χ3n) is 1.79. The molecule has 0 fully saturated rings. The summed E-state index contributed by atoms with van der Waals surface area (Å²) in [6.07, 6.45) is 2.34. The van der Waals surface area contributed by atoms with Gasteiger partial charge in [-0.25, -0.2) is 9.18 Å². The first-order chi connectivity index (χ1) is 6.52. The Morgan fingerprint density at radius 3 is 2.79 bits per heavy atom. The van der Waals surface area contributed by atoms with Crippen LogP contribution in [0, 0.1) is 12.7 Å². The van der Waals surface area contributed by atoms with Crippen molar-refractivity contribution in [3.63, 3.8) is 0 Å². The lowest BCUT2D eigenvalue weighted by atomic mass is 10.1. The number of carboxylic acids is 1. The van der Waals surface area contributed by atoms with E-state index in [9.17, 15) is 9.18 Å². The zero-order valence-corrected chi connectivity index (χ0v) is 9.01. The highest BCUT2D eigenvalue weighted by Gasteiger charge is 2.05. The van der Waals surface area contributed by atoms with Gasteiger partial charge < -0.3 is 5.11 Å². The molecule has 0 atom stereocenters. The lowest BCUT2D eigenvalue weighted by Crippen LogP contribution is -1.91. The van der Waals surface area contributed by atoms with Gasteiger partial charge in [0.1, 0.15) is 5.82 Å². The van der Waals surface area contributed by atoms with E-state index in [4.69, 9.17) is 5.11 Å². The average Bonchev–Trinajstić information content (AvgIpc) is 2.11. The molecule has 0 aliphatic rings. The van der Waals surface area contributed by atoms with Crippen LogP contribution in [0.3, 0.4) is 0 Å². The molecule has 2 nitrogen and oxygen atoms in total. The van der Waals surface area contributed by atoms with E-state index in [2.05, 4.69) is 15.9 Å². The molecule has 0 aliphatic heterocycles. The van der Waals surface area contributed by atoms with Crippen molar-refractivity contribution in [1.82, 2.24) is 0 Å². The van der Waals surface area contributed by atoms with Crippen LogP contribution in [-0.4, -0.2) is 11.1 Å². The number of aliphatic carboxylic acids is 1. The smallest absolute Gasteiger partial charge is 0.328 e. The SMILES string of the molecule is Cc1c(F)ccc(Br)c1/C=C/C(=O)O. The zero-order valence-electron chi connectivity index (χ0n) is 7.42. The molecule has 4 heteroatoms. The van der Waals surface area contributed by atoms with Crippen molar-refractivity contribution >= 4 is 28.0 Å². The number of hydrogen-bond donors (Lipinski definition) is 1. The van der Waals surface area contributed by atoms with E-state index in [-0.39, 0.29) is 5.82 Å². The van der Waals surface area contributed by atoms with Gasteiger partial charge in [-0.15, -0.1) is 0 Å². The van der Waals surface area contributed by atoms with Crippen LogP contribution >= 0.6 is 15.9 Å². The first-order valence-electron chi connectivity index (χ1n) is 3.88. The van der Waals surface area contributed by atoms with Crippen molar-refractivity contribution in [2.45, 2.75) is 6.92 Å². The minimum absolute atomic E-state index is 0.349. The lowest BCUT2D eigenvalue weighted by molar-refractivity contribution is -0.131. The van der Waals surface area contributed by atoms with Crippen LogP contribution in [0.2, 0.25) is 0 Å². The standard InChI is InChI=1S/C10H8BrFO2/c1-6-7(2-5-10(13)14)8(11)3-4-9(6)12/h2-5H,1H3,(H,13,14)/b5-2+. The Hall–Kier alpha value is -1.16. The Morgan fingerprint density at radius 1 is 1.57 bits per heavy atom. The minimum Gasteiger partial charge on any atom is -0.478 e. The number of carboxylic acid groups (broad SMARTS) is 1. The summed E-state index contributed by atoms with van der Waals surface area (Å²) in [4.78, 5) is 10.3. The Morgan fingerprint density at radius 2 is 2.21 bits per heavy atom. The Labute approximate surface area is 89.2 Å². The van der Waals surface area contributed by atoms with Crippen LogP contribution in [0.4, 0.5) is 4.39 Å². The van der Waals surface area contributed by atoms with Gasteiger partial charge in [0.2, 0.25) is 0 Å². The molecular formula is C10H8BrFO2. The predicted octanol–water partition coefficient (Wildman–Crippen LogP) is 2.99. The molecule has 0 aliphatic carbocycles. The second-order valence-corrected chi connectivity index (χ2v) is 3.59. The van der Waals surface area contributed by atoms with E-state index >= 15 is 0 Å². The molecule has 1 N–H and O–H groups in total. The number of halogens is 2. The van der Waals surface area contributed by atoms with Gasteiger partial charge in [-0.3, -0.25) is 0 Å². The monoisotopic (exact) mass is 258 g/mol. The minimum atomic E-state index is -1.06. The third kappa shape index (κ3) is 2.42. The van der Waals surface area contributed by atoms with Gasteiger partial charge in [-0.05, 0) is 36.3 Å². The third-order valence-corrected chi connectivity index (χ3v) is 2.48. The summed E-state index contributed by atoms with van der Waals surface area (Å²) >= 11 is 3.22. The van der Waals surface area contributed by atoms with Gasteiger partial charge in [0.25, 0.3) is 0 Å². The molecule has 0 bridgehead atoms. The number of benzene rings is 1. The van der Waals surface area contributed by atoms with Crippen molar-refractivity contribution in [2.24, 2.45) is 0 Å². The van der Waals surface area contributed by atoms with Gasteiger partial charge in [0, 0.05) is 10.5 Å². The van der Waals surface area contributed by atoms with E-state index in [0.717, 1.165) is 6.08 Å². The molecule has 0 spiro atoms. The van der Waals surface area contributed by atoms with E-state index in [0.29, 0.717) is 15.6 Å². The van der Waals surface area contributed by atoms with Crippen LogP contribution in [0.1, 0.15) is 11.1 Å². The van der Waals surface area contributed by atoms with Gasteiger partial charge in [0.05, 0.1) is 0 Å². The number of hydrogen-bond acceptors (Lipinski definition) is 1. The van der Waals surface area contributed by atoms with Crippen LogP contribution in [0.25, 0.3) is 6.08 Å². The highest BCUT2D eigenvalue weighted by molar-refractivity contribution is 9.10. The fourth-order valence-corrected chi connectivity index (χ4v) is 1.59. The molecule has 0 unspecified atom stereocenters. The largest absolute Gasteiger partial charge is 0.478 e. The average molecular weight is 259 g/mol. The predicted molar refractivity (Wildman–Crippen MR) is 55.5 cm³/mol. The summed E-state index contributed by atoms with van der Waals surface area (Å²) in [5.74, 6) is -1.40. The zero-order chi connectivity index (χ0) is 10.7. The molecule has 0 saturated carbocycles.